The Morgan fingerprint density at radius 3 is 2.29 bits per heavy atom. The number of hydrogen-bond acceptors (Lipinski definition) is 3. The Hall–Kier alpha value is -0.910. The zero-order valence-corrected chi connectivity index (χ0v) is 14.5. The molecule has 0 saturated heterocycles. The van der Waals surface area contributed by atoms with E-state index in [1.165, 1.54) is 0 Å². The Kier molecular flexibility index (Phi) is 6.84. The Labute approximate surface area is 129 Å². The van der Waals surface area contributed by atoms with Crippen LogP contribution in [0.25, 0.3) is 0 Å². The van der Waals surface area contributed by atoms with Crippen LogP contribution in [-0.2, 0) is 10.0 Å². The van der Waals surface area contributed by atoms with Gasteiger partial charge in [-0.15, -0.1) is 0 Å². The maximum Gasteiger partial charge on any atom is 0.240 e. The van der Waals surface area contributed by atoms with Gasteiger partial charge in [-0.1, -0.05) is 39.8 Å². The van der Waals surface area contributed by atoms with Crippen LogP contribution >= 0.6 is 0 Å². The van der Waals surface area contributed by atoms with E-state index in [2.05, 4.69) is 17.0 Å². The highest BCUT2D eigenvalue weighted by Gasteiger charge is 2.22. The number of nitrogens with one attached hydrogen (secondary N) is 2. The summed E-state index contributed by atoms with van der Waals surface area (Å²) in [7, 11) is -1.58. The van der Waals surface area contributed by atoms with Crippen molar-refractivity contribution in [3.8, 4) is 0 Å². The van der Waals surface area contributed by atoms with Gasteiger partial charge in [0.15, 0.2) is 0 Å². The minimum Gasteiger partial charge on any atom is -0.313 e. The summed E-state index contributed by atoms with van der Waals surface area (Å²) in [5.41, 5.74) is 1.00. The molecule has 0 aliphatic rings. The lowest BCUT2D eigenvalue weighted by Gasteiger charge is -2.21. The molecule has 0 amide bonds. The summed E-state index contributed by atoms with van der Waals surface area (Å²) < 4.78 is 27.9. The molecule has 0 aromatic heterocycles. The van der Waals surface area contributed by atoms with Crippen LogP contribution in [0.4, 0.5) is 0 Å². The van der Waals surface area contributed by atoms with E-state index in [9.17, 15) is 8.42 Å². The van der Waals surface area contributed by atoms with Crippen LogP contribution in [0.5, 0.6) is 0 Å². The van der Waals surface area contributed by atoms with Crippen LogP contribution in [-0.4, -0.2) is 21.5 Å². The van der Waals surface area contributed by atoms with Crippen LogP contribution in [0.2, 0.25) is 0 Å². The van der Waals surface area contributed by atoms with Gasteiger partial charge in [-0.2, -0.15) is 0 Å². The van der Waals surface area contributed by atoms with Crippen molar-refractivity contribution >= 4 is 10.0 Å². The van der Waals surface area contributed by atoms with Crippen molar-refractivity contribution in [2.75, 3.05) is 7.05 Å². The maximum absolute atomic E-state index is 12.5. The van der Waals surface area contributed by atoms with Crippen molar-refractivity contribution in [1.82, 2.24) is 10.0 Å². The zero-order valence-electron chi connectivity index (χ0n) is 13.7. The smallest absolute Gasteiger partial charge is 0.240 e. The summed E-state index contributed by atoms with van der Waals surface area (Å²) in [5, 5.41) is 3.20. The molecule has 0 fully saturated rings. The van der Waals surface area contributed by atoms with Gasteiger partial charge in [-0.25, -0.2) is 13.1 Å². The highest BCUT2D eigenvalue weighted by atomic mass is 32.2. The molecule has 5 heteroatoms. The average molecular weight is 312 g/mol. The van der Waals surface area contributed by atoms with Gasteiger partial charge in [0.2, 0.25) is 10.0 Å². The van der Waals surface area contributed by atoms with Crippen molar-refractivity contribution in [3.63, 3.8) is 0 Å². The lowest BCUT2D eigenvalue weighted by Crippen LogP contribution is -2.38. The van der Waals surface area contributed by atoms with Crippen LogP contribution in [0.15, 0.2) is 29.2 Å². The second-order valence-electron chi connectivity index (χ2n) is 5.70. The van der Waals surface area contributed by atoms with E-state index in [4.69, 9.17) is 0 Å². The first-order valence-corrected chi connectivity index (χ1v) is 9.13. The normalized spacial score (nSPS) is 15.1. The van der Waals surface area contributed by atoms with Crippen LogP contribution in [0.3, 0.4) is 0 Å². The molecule has 0 aliphatic carbocycles. The van der Waals surface area contributed by atoms with Crippen molar-refractivity contribution < 1.29 is 8.42 Å². The van der Waals surface area contributed by atoms with E-state index in [0.29, 0.717) is 4.90 Å². The van der Waals surface area contributed by atoms with Crippen molar-refractivity contribution in [2.45, 2.75) is 57.5 Å². The molecular formula is C16H28N2O2S. The van der Waals surface area contributed by atoms with E-state index in [-0.39, 0.29) is 18.0 Å². The molecule has 0 heterocycles. The van der Waals surface area contributed by atoms with Gasteiger partial charge in [-0.05, 0) is 43.5 Å². The Morgan fingerprint density at radius 1 is 1.14 bits per heavy atom. The Bertz CT molecular complexity index is 537. The molecule has 120 valence electrons. The molecule has 1 aromatic carbocycles. The molecule has 21 heavy (non-hydrogen) atoms. The van der Waals surface area contributed by atoms with E-state index in [1.807, 2.05) is 33.9 Å². The monoisotopic (exact) mass is 312 g/mol. The number of benzene rings is 1. The predicted octanol–water partition coefficient (Wildman–Crippen LogP) is 3.07. The van der Waals surface area contributed by atoms with Gasteiger partial charge in [0, 0.05) is 12.1 Å². The lowest BCUT2D eigenvalue weighted by atomic mass is 10.0. The van der Waals surface area contributed by atoms with Crippen LogP contribution in [0.1, 0.15) is 52.1 Å². The van der Waals surface area contributed by atoms with Gasteiger partial charge >= 0.3 is 0 Å². The van der Waals surface area contributed by atoms with Gasteiger partial charge < -0.3 is 5.32 Å². The van der Waals surface area contributed by atoms with Crippen molar-refractivity contribution in [2.24, 2.45) is 5.92 Å². The molecule has 2 atom stereocenters. The second-order valence-corrected chi connectivity index (χ2v) is 7.42. The molecular weight excluding hydrogens is 284 g/mol. The zero-order chi connectivity index (χ0) is 16.0. The first kappa shape index (κ1) is 18.1. The molecule has 1 rings (SSSR count). The highest BCUT2D eigenvalue weighted by molar-refractivity contribution is 7.89. The van der Waals surface area contributed by atoms with E-state index in [0.717, 1.165) is 18.4 Å². The largest absolute Gasteiger partial charge is 0.313 e. The number of hydrogen-bond donors (Lipinski definition) is 2. The quantitative estimate of drug-likeness (QED) is 0.775. The molecule has 1 aromatic rings. The first-order valence-electron chi connectivity index (χ1n) is 7.65. The van der Waals surface area contributed by atoms with E-state index >= 15 is 0 Å². The molecule has 4 nitrogen and oxygen atoms in total. The molecule has 0 spiro atoms. The van der Waals surface area contributed by atoms with E-state index in [1.54, 1.807) is 18.2 Å². The van der Waals surface area contributed by atoms with Gasteiger partial charge in [0.25, 0.3) is 0 Å². The topological polar surface area (TPSA) is 58.2 Å². The first-order chi connectivity index (χ1) is 9.85. The molecule has 0 saturated carbocycles. The standard InChI is InChI=1S/C16H28N2O2S/c1-6-15(12(3)4)18-21(19,20)14-10-8-9-13(11-14)16(7-2)17-5/h8-12,15-18H,6-7H2,1-5H3. The predicted molar refractivity (Wildman–Crippen MR) is 87.8 cm³/mol. The Morgan fingerprint density at radius 2 is 1.81 bits per heavy atom. The summed E-state index contributed by atoms with van der Waals surface area (Å²) in [5.74, 6) is 0.272. The lowest BCUT2D eigenvalue weighted by molar-refractivity contribution is 0.437. The third-order valence-electron chi connectivity index (χ3n) is 3.88. The summed E-state index contributed by atoms with van der Waals surface area (Å²) in [6.07, 6.45) is 1.70. The SMILES string of the molecule is CCC(NC)c1cccc(S(=O)(=O)NC(CC)C(C)C)c1. The molecule has 2 N–H and O–H groups in total. The van der Waals surface area contributed by atoms with Gasteiger partial charge in [-0.3, -0.25) is 0 Å². The van der Waals surface area contributed by atoms with Gasteiger partial charge in [0.1, 0.15) is 0 Å². The fourth-order valence-electron chi connectivity index (χ4n) is 2.46. The van der Waals surface area contributed by atoms with E-state index < -0.39 is 10.0 Å². The summed E-state index contributed by atoms with van der Waals surface area (Å²) in [6.45, 7) is 8.13. The van der Waals surface area contributed by atoms with Crippen LogP contribution in [0, 0.1) is 5.92 Å². The summed E-state index contributed by atoms with van der Waals surface area (Å²) in [4.78, 5) is 0.341. The average Bonchev–Trinajstić information content (AvgIpc) is 2.46. The summed E-state index contributed by atoms with van der Waals surface area (Å²) >= 11 is 0. The molecule has 2 unspecified atom stereocenters. The number of sulfonamides is 1. The number of rotatable bonds is 8. The maximum atomic E-state index is 12.5. The van der Waals surface area contributed by atoms with Gasteiger partial charge in [0.05, 0.1) is 4.90 Å². The second kappa shape index (κ2) is 7.92. The third kappa shape index (κ3) is 4.80. The molecule has 0 bridgehead atoms. The Balaban J connectivity index is 3.06. The fraction of sp³-hybridized carbons (Fsp3) is 0.625. The van der Waals surface area contributed by atoms with Crippen molar-refractivity contribution in [3.05, 3.63) is 29.8 Å². The highest BCUT2D eigenvalue weighted by Crippen LogP contribution is 2.20. The molecule has 0 radical (unpaired) electrons. The van der Waals surface area contributed by atoms with Crippen LogP contribution < -0.4 is 10.0 Å². The fourth-order valence-corrected chi connectivity index (χ4v) is 3.99. The molecule has 0 aliphatic heterocycles. The minimum absolute atomic E-state index is 0.0371. The third-order valence-corrected chi connectivity index (χ3v) is 5.37. The van der Waals surface area contributed by atoms with Crippen molar-refractivity contribution in [1.29, 1.82) is 0 Å². The summed E-state index contributed by atoms with van der Waals surface area (Å²) in [6, 6.07) is 7.32. The minimum atomic E-state index is -3.47.